The first-order chi connectivity index (χ1) is 6.78. The van der Waals surface area contributed by atoms with Crippen LogP contribution in [0.4, 0.5) is 6.01 Å². The van der Waals surface area contributed by atoms with Crippen LogP contribution >= 0.6 is 11.6 Å². The molecule has 0 radical (unpaired) electrons. The summed E-state index contributed by atoms with van der Waals surface area (Å²) in [6.07, 6.45) is 3.91. The number of nitrogens with one attached hydrogen (secondary N) is 1. The molecule has 0 bridgehead atoms. The van der Waals surface area contributed by atoms with Crippen molar-refractivity contribution in [2.75, 3.05) is 5.32 Å². The Bertz CT molecular complexity index is 298. The predicted octanol–water partition coefficient (Wildman–Crippen LogP) is 2.41. The molecule has 1 heterocycles. The predicted molar refractivity (Wildman–Crippen MR) is 54.3 cm³/mol. The van der Waals surface area contributed by atoms with Crippen LogP contribution in [-0.2, 0) is 5.88 Å². The van der Waals surface area contributed by atoms with E-state index in [4.69, 9.17) is 16.0 Å². The van der Waals surface area contributed by atoms with Gasteiger partial charge >= 0.3 is 6.01 Å². The maximum atomic E-state index is 5.55. The topological polar surface area (TPSA) is 51.0 Å². The number of rotatable bonds is 5. The summed E-state index contributed by atoms with van der Waals surface area (Å²) in [4.78, 5) is 0. The van der Waals surface area contributed by atoms with Crippen molar-refractivity contribution in [2.24, 2.45) is 5.92 Å². The lowest BCUT2D eigenvalue weighted by atomic mass is 10.2. The fourth-order valence-corrected chi connectivity index (χ4v) is 1.60. The van der Waals surface area contributed by atoms with Gasteiger partial charge < -0.3 is 9.73 Å². The van der Waals surface area contributed by atoms with Crippen molar-refractivity contribution in [1.82, 2.24) is 10.2 Å². The Labute approximate surface area is 88.0 Å². The Hall–Kier alpha value is -0.770. The van der Waals surface area contributed by atoms with Crippen molar-refractivity contribution in [1.29, 1.82) is 0 Å². The Balaban J connectivity index is 1.82. The zero-order valence-electron chi connectivity index (χ0n) is 8.16. The molecule has 1 aliphatic carbocycles. The third kappa shape index (κ3) is 2.61. The minimum Gasteiger partial charge on any atom is -0.407 e. The van der Waals surface area contributed by atoms with Crippen molar-refractivity contribution in [3.63, 3.8) is 0 Å². The summed E-state index contributed by atoms with van der Waals surface area (Å²) in [6, 6.07) is 0.875. The molecule has 1 unspecified atom stereocenters. The number of nitrogens with zero attached hydrogens (tertiary/aromatic N) is 2. The molecule has 0 aromatic carbocycles. The molecule has 1 aromatic heterocycles. The van der Waals surface area contributed by atoms with E-state index in [1.807, 2.05) is 0 Å². The maximum absolute atomic E-state index is 5.55. The second kappa shape index (κ2) is 4.17. The molecular weight excluding hydrogens is 202 g/mol. The quantitative estimate of drug-likeness (QED) is 0.767. The van der Waals surface area contributed by atoms with E-state index in [2.05, 4.69) is 22.4 Å². The second-order valence-electron chi connectivity index (χ2n) is 3.86. The number of aromatic nitrogens is 2. The van der Waals surface area contributed by atoms with E-state index in [9.17, 15) is 0 Å². The Kier molecular flexibility index (Phi) is 2.91. The van der Waals surface area contributed by atoms with Crippen molar-refractivity contribution in [3.8, 4) is 0 Å². The van der Waals surface area contributed by atoms with Crippen molar-refractivity contribution in [3.05, 3.63) is 5.89 Å². The van der Waals surface area contributed by atoms with Gasteiger partial charge in [-0.25, -0.2) is 0 Å². The molecule has 14 heavy (non-hydrogen) atoms. The monoisotopic (exact) mass is 215 g/mol. The van der Waals surface area contributed by atoms with E-state index in [1.54, 1.807) is 0 Å². The summed E-state index contributed by atoms with van der Waals surface area (Å²) < 4.78 is 5.24. The minimum atomic E-state index is 0.270. The molecule has 0 amide bonds. The number of hydrogen-bond donors (Lipinski definition) is 1. The van der Waals surface area contributed by atoms with Crippen LogP contribution in [-0.4, -0.2) is 16.2 Å². The van der Waals surface area contributed by atoms with Crippen molar-refractivity contribution >= 4 is 17.6 Å². The largest absolute Gasteiger partial charge is 0.407 e. The van der Waals surface area contributed by atoms with E-state index < -0.39 is 0 Å². The standard InChI is InChI=1S/C9H14ClN3O/c1-6(4-7-2-3-7)11-9-13-12-8(5-10)14-9/h6-7H,2-5H2,1H3,(H,11,13). The van der Waals surface area contributed by atoms with Crippen LogP contribution in [0.5, 0.6) is 0 Å². The van der Waals surface area contributed by atoms with Crippen LogP contribution < -0.4 is 5.32 Å². The Morgan fingerprint density at radius 3 is 2.93 bits per heavy atom. The van der Waals surface area contributed by atoms with Crippen LogP contribution in [0.2, 0.25) is 0 Å². The molecule has 1 aliphatic rings. The first-order valence-corrected chi connectivity index (χ1v) is 5.46. The summed E-state index contributed by atoms with van der Waals surface area (Å²) in [5.74, 6) is 1.63. The Morgan fingerprint density at radius 1 is 1.57 bits per heavy atom. The van der Waals surface area contributed by atoms with Crippen LogP contribution in [0, 0.1) is 5.92 Å². The zero-order chi connectivity index (χ0) is 9.97. The molecular formula is C9H14ClN3O. The minimum absolute atomic E-state index is 0.270. The van der Waals surface area contributed by atoms with Crippen molar-refractivity contribution < 1.29 is 4.42 Å². The van der Waals surface area contributed by atoms with Gasteiger partial charge in [0.2, 0.25) is 5.89 Å². The van der Waals surface area contributed by atoms with Gasteiger partial charge in [0, 0.05) is 6.04 Å². The molecule has 0 spiro atoms. The van der Waals surface area contributed by atoms with Gasteiger partial charge in [0.25, 0.3) is 0 Å². The number of hydrogen-bond acceptors (Lipinski definition) is 4. The molecule has 0 aliphatic heterocycles. The maximum Gasteiger partial charge on any atom is 0.315 e. The van der Waals surface area contributed by atoms with Gasteiger partial charge in [-0.2, -0.15) is 0 Å². The molecule has 1 N–H and O–H groups in total. The zero-order valence-corrected chi connectivity index (χ0v) is 8.92. The number of halogens is 1. The Morgan fingerprint density at radius 2 is 2.36 bits per heavy atom. The van der Waals surface area contributed by atoms with Crippen molar-refractivity contribution in [2.45, 2.75) is 38.1 Å². The van der Waals surface area contributed by atoms with E-state index in [0.717, 1.165) is 5.92 Å². The van der Waals surface area contributed by atoms with Gasteiger partial charge in [-0.1, -0.05) is 17.9 Å². The fourth-order valence-electron chi connectivity index (χ4n) is 1.49. The van der Waals surface area contributed by atoms with Gasteiger partial charge in [-0.3, -0.25) is 0 Å². The summed E-state index contributed by atoms with van der Waals surface area (Å²) in [5.41, 5.74) is 0. The lowest BCUT2D eigenvalue weighted by Crippen LogP contribution is -2.15. The summed E-state index contributed by atoms with van der Waals surface area (Å²) in [6.45, 7) is 2.13. The molecule has 5 heteroatoms. The number of anilines is 1. The average molecular weight is 216 g/mol. The average Bonchev–Trinajstić information content (AvgIpc) is 2.83. The number of alkyl halides is 1. The van der Waals surface area contributed by atoms with Gasteiger partial charge in [0.1, 0.15) is 5.88 Å². The smallest absolute Gasteiger partial charge is 0.315 e. The van der Waals surface area contributed by atoms with Crippen LogP contribution in [0.3, 0.4) is 0 Å². The van der Waals surface area contributed by atoms with E-state index in [0.29, 0.717) is 17.9 Å². The summed E-state index contributed by atoms with van der Waals surface area (Å²) >= 11 is 5.55. The lowest BCUT2D eigenvalue weighted by Gasteiger charge is -2.09. The van der Waals surface area contributed by atoms with Gasteiger partial charge in [-0.05, 0) is 19.3 Å². The highest BCUT2D eigenvalue weighted by molar-refractivity contribution is 6.16. The summed E-state index contributed by atoms with van der Waals surface area (Å²) in [7, 11) is 0. The normalized spacial score (nSPS) is 18.1. The second-order valence-corrected chi connectivity index (χ2v) is 4.13. The van der Waals surface area contributed by atoms with Gasteiger partial charge in [0.05, 0.1) is 0 Å². The highest BCUT2D eigenvalue weighted by atomic mass is 35.5. The molecule has 78 valence electrons. The lowest BCUT2D eigenvalue weighted by molar-refractivity contribution is 0.512. The molecule has 2 rings (SSSR count). The SMILES string of the molecule is CC(CC1CC1)Nc1nnc(CCl)o1. The van der Waals surface area contributed by atoms with Gasteiger partial charge in [0.15, 0.2) is 0 Å². The third-order valence-electron chi connectivity index (χ3n) is 2.33. The first kappa shape index (κ1) is 9.77. The van der Waals surface area contributed by atoms with E-state index >= 15 is 0 Å². The molecule has 4 nitrogen and oxygen atoms in total. The van der Waals surface area contributed by atoms with E-state index in [-0.39, 0.29) is 5.88 Å². The fraction of sp³-hybridized carbons (Fsp3) is 0.778. The van der Waals surface area contributed by atoms with E-state index in [1.165, 1.54) is 19.3 Å². The summed E-state index contributed by atoms with van der Waals surface area (Å²) in [5, 5.41) is 10.8. The highest BCUT2D eigenvalue weighted by Gasteiger charge is 2.24. The molecule has 1 saturated carbocycles. The van der Waals surface area contributed by atoms with Crippen LogP contribution in [0.1, 0.15) is 32.1 Å². The van der Waals surface area contributed by atoms with Gasteiger partial charge in [-0.15, -0.1) is 16.7 Å². The highest BCUT2D eigenvalue weighted by Crippen LogP contribution is 2.33. The first-order valence-electron chi connectivity index (χ1n) is 4.93. The third-order valence-corrected chi connectivity index (χ3v) is 2.56. The van der Waals surface area contributed by atoms with Crippen LogP contribution in [0.15, 0.2) is 4.42 Å². The van der Waals surface area contributed by atoms with Crippen LogP contribution in [0.25, 0.3) is 0 Å². The molecule has 1 fully saturated rings. The molecule has 1 atom stereocenters. The molecule has 0 saturated heterocycles. The molecule has 1 aromatic rings.